The van der Waals surface area contributed by atoms with Gasteiger partial charge in [-0.15, -0.1) is 0 Å². The van der Waals surface area contributed by atoms with E-state index in [4.69, 9.17) is 16.3 Å². The Kier molecular flexibility index (Phi) is 10.00. The van der Waals surface area contributed by atoms with Crippen molar-refractivity contribution >= 4 is 33.2 Å². The number of aryl methyl sites for hydroxylation is 1. The maximum atomic E-state index is 13.3. The molecule has 0 radical (unpaired) electrons. The highest BCUT2D eigenvalue weighted by Crippen LogP contribution is 2.45. The number of benzene rings is 2. The molecule has 1 fully saturated rings. The molecule has 2 aliphatic heterocycles. The van der Waals surface area contributed by atoms with E-state index < -0.39 is 33.4 Å². The lowest BCUT2D eigenvalue weighted by Gasteiger charge is -2.47. The van der Waals surface area contributed by atoms with E-state index in [1.165, 1.54) is 11.1 Å². The Hall–Kier alpha value is -2.59. The third kappa shape index (κ3) is 6.81. The molecule has 6 atom stereocenters. The number of amides is 1. The molecule has 0 saturated heterocycles. The molecule has 0 unspecified atom stereocenters. The van der Waals surface area contributed by atoms with Gasteiger partial charge < -0.3 is 19.8 Å². The highest BCUT2D eigenvalue weighted by atomic mass is 35.5. The molecule has 240 valence electrons. The number of halogens is 1. The number of unbranched alkanes of at least 4 members (excludes halogenated alkanes) is 1. The fourth-order valence-electron chi connectivity index (χ4n) is 6.84. The van der Waals surface area contributed by atoms with E-state index in [9.17, 15) is 23.4 Å². The van der Waals surface area contributed by atoms with Crippen LogP contribution in [0, 0.1) is 17.8 Å². The molecule has 0 spiro atoms. The third-order valence-corrected chi connectivity index (χ3v) is 12.1. The molecule has 2 heterocycles. The standard InChI is InChI=1S/C34H45ClN2O6S/c1-4-5-8-24-16-28(35)11-12-29(24)27-19-37-18-26-9-13-30(26)34(40,21-38)15-6-7-22(2)23(3)44(41,42)36-33(39)25-10-14-32(43-20-27)31(37)17-25/h6,10-12,14-17,22-23,26-27,30,38,40H,4-5,7-9,13,18-21H2,1-3H3,(H,36,39)/b15-6+/t22-,23+,26-,27-,30+,34-/m0/s1. The summed E-state index contributed by atoms with van der Waals surface area (Å²) in [5.74, 6) is -0.449. The summed E-state index contributed by atoms with van der Waals surface area (Å²) in [7, 11) is -3.98. The summed E-state index contributed by atoms with van der Waals surface area (Å²) in [4.78, 5) is 15.5. The minimum Gasteiger partial charge on any atom is -0.491 e. The number of rotatable bonds is 5. The van der Waals surface area contributed by atoms with Gasteiger partial charge in [-0.2, -0.15) is 0 Å². The van der Waals surface area contributed by atoms with Gasteiger partial charge in [-0.1, -0.05) is 50.1 Å². The molecule has 2 aromatic rings. The number of aliphatic hydroxyl groups is 2. The Morgan fingerprint density at radius 1 is 1.14 bits per heavy atom. The first-order valence-electron chi connectivity index (χ1n) is 15.8. The highest BCUT2D eigenvalue weighted by Gasteiger charge is 2.46. The number of anilines is 1. The van der Waals surface area contributed by atoms with Crippen LogP contribution in [0.4, 0.5) is 5.69 Å². The first kappa shape index (κ1) is 32.8. The predicted molar refractivity (Wildman–Crippen MR) is 174 cm³/mol. The highest BCUT2D eigenvalue weighted by molar-refractivity contribution is 7.90. The molecular weight excluding hydrogens is 600 g/mol. The van der Waals surface area contributed by atoms with Gasteiger partial charge in [0.15, 0.2) is 0 Å². The van der Waals surface area contributed by atoms with Crippen molar-refractivity contribution in [1.82, 2.24) is 4.72 Å². The predicted octanol–water partition coefficient (Wildman–Crippen LogP) is 5.46. The van der Waals surface area contributed by atoms with Crippen LogP contribution in [0.25, 0.3) is 0 Å². The zero-order chi connectivity index (χ0) is 31.6. The summed E-state index contributed by atoms with van der Waals surface area (Å²) < 4.78 is 35.1. The third-order valence-electron chi connectivity index (χ3n) is 9.99. The van der Waals surface area contributed by atoms with Crippen molar-refractivity contribution in [2.45, 2.75) is 76.1 Å². The normalized spacial score (nSPS) is 31.1. The van der Waals surface area contributed by atoms with E-state index in [0.29, 0.717) is 42.6 Å². The molecule has 3 N–H and O–H groups in total. The second-order valence-corrected chi connectivity index (χ2v) is 15.4. The second-order valence-electron chi connectivity index (χ2n) is 12.9. The lowest BCUT2D eigenvalue weighted by atomic mass is 9.64. The lowest BCUT2D eigenvalue weighted by Crippen LogP contribution is -2.52. The zero-order valence-electron chi connectivity index (χ0n) is 25.8. The van der Waals surface area contributed by atoms with E-state index in [1.54, 1.807) is 44.2 Å². The summed E-state index contributed by atoms with van der Waals surface area (Å²) in [6.45, 7) is 6.74. The number of nitrogens with zero attached hydrogens (tertiary/aromatic N) is 1. The summed E-state index contributed by atoms with van der Waals surface area (Å²) >= 11 is 6.41. The van der Waals surface area contributed by atoms with Crippen molar-refractivity contribution in [2.24, 2.45) is 17.8 Å². The van der Waals surface area contributed by atoms with Gasteiger partial charge in [-0.25, -0.2) is 13.1 Å². The maximum absolute atomic E-state index is 13.3. The molecule has 1 amide bonds. The minimum absolute atomic E-state index is 0.00672. The van der Waals surface area contributed by atoms with Crippen molar-refractivity contribution in [2.75, 3.05) is 31.2 Å². The van der Waals surface area contributed by atoms with E-state index in [0.717, 1.165) is 32.1 Å². The number of aliphatic hydroxyl groups excluding tert-OH is 1. The van der Waals surface area contributed by atoms with Crippen LogP contribution in [0.2, 0.25) is 5.02 Å². The van der Waals surface area contributed by atoms with Crippen LogP contribution >= 0.6 is 11.6 Å². The fourth-order valence-corrected chi connectivity index (χ4v) is 8.32. The van der Waals surface area contributed by atoms with Gasteiger partial charge in [-0.05, 0) is 98.2 Å². The van der Waals surface area contributed by atoms with Crippen molar-refractivity contribution in [3.63, 3.8) is 0 Å². The summed E-state index contributed by atoms with van der Waals surface area (Å²) in [5.41, 5.74) is 1.91. The first-order chi connectivity index (χ1) is 21.0. The largest absolute Gasteiger partial charge is 0.491 e. The fraction of sp³-hybridized carbons (Fsp3) is 0.559. The topological polar surface area (TPSA) is 116 Å². The molecule has 10 heteroatoms. The van der Waals surface area contributed by atoms with Crippen LogP contribution in [0.5, 0.6) is 5.75 Å². The number of carbonyl (C=O) groups excluding carboxylic acids is 1. The number of carbonyl (C=O) groups is 1. The Balaban J connectivity index is 1.57. The molecular formula is C34H45ClN2O6S. The Bertz CT molecular complexity index is 1500. The van der Waals surface area contributed by atoms with E-state index >= 15 is 0 Å². The first-order valence-corrected chi connectivity index (χ1v) is 17.7. The Morgan fingerprint density at radius 2 is 1.93 bits per heavy atom. The molecule has 1 aliphatic carbocycles. The van der Waals surface area contributed by atoms with Gasteiger partial charge in [0.2, 0.25) is 10.0 Å². The van der Waals surface area contributed by atoms with Crippen molar-refractivity contribution in [3.05, 3.63) is 70.3 Å². The molecule has 2 aromatic carbocycles. The van der Waals surface area contributed by atoms with Crippen LogP contribution in [-0.2, 0) is 16.4 Å². The summed E-state index contributed by atoms with van der Waals surface area (Å²) in [6.07, 6.45) is 8.48. The Labute approximate surface area is 266 Å². The molecule has 1 saturated carbocycles. The van der Waals surface area contributed by atoms with Crippen molar-refractivity contribution in [1.29, 1.82) is 0 Å². The molecule has 8 nitrogen and oxygen atoms in total. The quantitative estimate of drug-likeness (QED) is 0.370. The number of ether oxygens (including phenoxy) is 1. The maximum Gasteiger partial charge on any atom is 0.264 e. The van der Waals surface area contributed by atoms with Gasteiger partial charge in [-0.3, -0.25) is 4.79 Å². The number of allylic oxidation sites excluding steroid dienone is 1. The van der Waals surface area contributed by atoms with Crippen LogP contribution in [-0.4, -0.2) is 61.7 Å². The SMILES string of the molecule is CCCCc1cc(Cl)ccc1[C@@H]1COc2ccc3cc2N(C1)C[C@@H]1CC[C@H]1[C@@](O)(CO)/C=C/C[C@H](C)[C@@H](C)S(=O)(=O)NC3=O. The van der Waals surface area contributed by atoms with Crippen molar-refractivity contribution in [3.8, 4) is 5.75 Å². The van der Waals surface area contributed by atoms with Gasteiger partial charge in [0.05, 0.1) is 24.2 Å². The number of sulfonamides is 1. The van der Waals surface area contributed by atoms with Crippen LogP contribution in [0.3, 0.4) is 0 Å². The van der Waals surface area contributed by atoms with Gasteiger partial charge in [0.1, 0.15) is 11.4 Å². The Morgan fingerprint density at radius 3 is 2.64 bits per heavy atom. The molecule has 0 aromatic heterocycles. The smallest absolute Gasteiger partial charge is 0.264 e. The van der Waals surface area contributed by atoms with Crippen molar-refractivity contribution < 1.29 is 28.2 Å². The molecule has 3 aliphatic rings. The zero-order valence-corrected chi connectivity index (χ0v) is 27.4. The van der Waals surface area contributed by atoms with Crippen LogP contribution < -0.4 is 14.4 Å². The monoisotopic (exact) mass is 644 g/mol. The van der Waals surface area contributed by atoms with Gasteiger partial charge >= 0.3 is 0 Å². The summed E-state index contributed by atoms with van der Waals surface area (Å²) in [6, 6.07) is 11.1. The van der Waals surface area contributed by atoms with Gasteiger partial charge in [0.25, 0.3) is 5.91 Å². The number of nitrogens with one attached hydrogen (secondary N) is 1. The number of fused-ring (bicyclic) bond motifs is 2. The van der Waals surface area contributed by atoms with E-state index in [-0.39, 0.29) is 29.2 Å². The molecule has 44 heavy (non-hydrogen) atoms. The van der Waals surface area contributed by atoms with Gasteiger partial charge in [0, 0.05) is 29.6 Å². The molecule has 5 rings (SSSR count). The average molecular weight is 645 g/mol. The average Bonchev–Trinajstić information content (AvgIpc) is 3.16. The van der Waals surface area contributed by atoms with E-state index in [2.05, 4.69) is 22.6 Å². The molecule has 2 bridgehead atoms. The summed E-state index contributed by atoms with van der Waals surface area (Å²) in [5, 5.41) is 21.8. The minimum atomic E-state index is -3.98. The van der Waals surface area contributed by atoms with E-state index in [1.807, 2.05) is 12.1 Å². The lowest BCUT2D eigenvalue weighted by molar-refractivity contribution is -0.0768. The number of hydrogen-bond donors (Lipinski definition) is 3. The second kappa shape index (κ2) is 13.4. The number of hydrogen-bond acceptors (Lipinski definition) is 7. The van der Waals surface area contributed by atoms with Crippen LogP contribution in [0.1, 0.15) is 80.3 Å². The van der Waals surface area contributed by atoms with Crippen LogP contribution in [0.15, 0.2) is 48.6 Å².